The fraction of sp³-hybridized carbons (Fsp3) is 0.357. The monoisotopic (exact) mass is 246 g/mol. The minimum absolute atomic E-state index is 0.344. The average Bonchev–Trinajstić information content (AvgIpc) is 2.70. The lowest BCUT2D eigenvalue weighted by molar-refractivity contribution is 0.259. The molecule has 4 heteroatoms. The van der Waals surface area contributed by atoms with Crippen LogP contribution in [0, 0.1) is 13.8 Å². The van der Waals surface area contributed by atoms with Gasteiger partial charge in [0.05, 0.1) is 5.69 Å². The molecule has 0 bridgehead atoms. The predicted molar refractivity (Wildman–Crippen MR) is 69.5 cm³/mol. The first kappa shape index (κ1) is 12.6. The number of nitrogens with two attached hydrogens (primary N) is 1. The smallest absolute Gasteiger partial charge is 0.232 e. The van der Waals surface area contributed by atoms with Gasteiger partial charge in [-0.05, 0) is 32.0 Å². The number of rotatable bonds is 5. The summed E-state index contributed by atoms with van der Waals surface area (Å²) in [5.41, 5.74) is 7.53. The van der Waals surface area contributed by atoms with Crippen LogP contribution in [-0.4, -0.2) is 11.5 Å². The molecule has 0 aliphatic carbocycles. The van der Waals surface area contributed by atoms with E-state index in [9.17, 15) is 0 Å². The van der Waals surface area contributed by atoms with E-state index < -0.39 is 0 Å². The van der Waals surface area contributed by atoms with Gasteiger partial charge in [0, 0.05) is 6.42 Å². The molecule has 4 nitrogen and oxygen atoms in total. The first-order chi connectivity index (χ1) is 8.70. The fourth-order valence-corrected chi connectivity index (χ4v) is 1.78. The normalized spacial score (nSPS) is 10.6. The zero-order valence-corrected chi connectivity index (χ0v) is 10.8. The van der Waals surface area contributed by atoms with Crippen molar-refractivity contribution in [2.45, 2.75) is 26.9 Å². The van der Waals surface area contributed by atoms with E-state index in [1.807, 2.05) is 38.1 Å². The van der Waals surface area contributed by atoms with Crippen LogP contribution in [0.3, 0.4) is 0 Å². The third-order valence-corrected chi connectivity index (χ3v) is 2.76. The molecule has 0 aliphatic heterocycles. The van der Waals surface area contributed by atoms with Crippen molar-refractivity contribution in [2.75, 3.05) is 6.54 Å². The second-order valence-electron chi connectivity index (χ2n) is 4.20. The highest BCUT2D eigenvalue weighted by atomic mass is 16.5. The standard InChI is InChI=1S/C14H18N2O2/c1-10-5-3-4-6-13(10)17-9-14-16-12(7-8-15)11(2)18-14/h3-6H,7-9,15H2,1-2H3. The number of ether oxygens (including phenoxy) is 1. The topological polar surface area (TPSA) is 61.3 Å². The molecule has 0 saturated heterocycles. The quantitative estimate of drug-likeness (QED) is 0.879. The van der Waals surface area contributed by atoms with Gasteiger partial charge in [-0.15, -0.1) is 0 Å². The molecule has 2 N–H and O–H groups in total. The number of hydrogen-bond donors (Lipinski definition) is 1. The Kier molecular flexibility index (Phi) is 3.99. The summed E-state index contributed by atoms with van der Waals surface area (Å²) >= 11 is 0. The van der Waals surface area contributed by atoms with Crippen molar-refractivity contribution >= 4 is 0 Å². The summed E-state index contributed by atoms with van der Waals surface area (Å²) in [6, 6.07) is 7.88. The Morgan fingerprint density at radius 1 is 1.28 bits per heavy atom. The van der Waals surface area contributed by atoms with Gasteiger partial charge >= 0.3 is 0 Å². The summed E-state index contributed by atoms with van der Waals surface area (Å²) in [4.78, 5) is 4.37. The van der Waals surface area contributed by atoms with Crippen LogP contribution in [0.15, 0.2) is 28.7 Å². The highest BCUT2D eigenvalue weighted by molar-refractivity contribution is 5.31. The largest absolute Gasteiger partial charge is 0.484 e. The van der Waals surface area contributed by atoms with Crippen LogP contribution in [-0.2, 0) is 13.0 Å². The van der Waals surface area contributed by atoms with E-state index >= 15 is 0 Å². The van der Waals surface area contributed by atoms with Crippen molar-refractivity contribution in [3.63, 3.8) is 0 Å². The summed E-state index contributed by atoms with van der Waals surface area (Å²) in [6.07, 6.45) is 0.736. The molecule has 1 heterocycles. The SMILES string of the molecule is Cc1ccccc1OCc1nc(CCN)c(C)o1. The maximum absolute atomic E-state index is 5.68. The van der Waals surface area contributed by atoms with E-state index in [0.717, 1.165) is 29.2 Å². The third-order valence-electron chi connectivity index (χ3n) is 2.76. The lowest BCUT2D eigenvalue weighted by atomic mass is 10.2. The molecule has 2 rings (SSSR count). The van der Waals surface area contributed by atoms with Gasteiger partial charge in [0.15, 0.2) is 6.61 Å². The Bertz CT molecular complexity index is 520. The van der Waals surface area contributed by atoms with Crippen LogP contribution in [0.2, 0.25) is 0 Å². The number of benzene rings is 1. The Morgan fingerprint density at radius 2 is 2.06 bits per heavy atom. The number of para-hydroxylation sites is 1. The van der Waals surface area contributed by atoms with E-state index in [1.165, 1.54) is 0 Å². The molecule has 0 atom stereocenters. The highest BCUT2D eigenvalue weighted by Gasteiger charge is 2.09. The molecule has 1 aromatic carbocycles. The number of oxazole rings is 1. The maximum atomic E-state index is 5.68. The van der Waals surface area contributed by atoms with Crippen molar-refractivity contribution in [1.82, 2.24) is 4.98 Å². The van der Waals surface area contributed by atoms with Crippen LogP contribution in [0.4, 0.5) is 0 Å². The molecule has 0 radical (unpaired) electrons. The van der Waals surface area contributed by atoms with Crippen LogP contribution < -0.4 is 10.5 Å². The summed E-state index contributed by atoms with van der Waals surface area (Å²) in [5.74, 6) is 2.27. The van der Waals surface area contributed by atoms with Crippen molar-refractivity contribution < 1.29 is 9.15 Å². The van der Waals surface area contributed by atoms with Gasteiger partial charge in [0.1, 0.15) is 11.5 Å². The third kappa shape index (κ3) is 2.90. The molecule has 0 aliphatic rings. The molecular formula is C14H18N2O2. The molecule has 0 amide bonds. The van der Waals surface area contributed by atoms with Gasteiger partial charge in [0.2, 0.25) is 5.89 Å². The van der Waals surface area contributed by atoms with Crippen molar-refractivity contribution in [3.8, 4) is 5.75 Å². The van der Waals surface area contributed by atoms with E-state index in [-0.39, 0.29) is 0 Å². The van der Waals surface area contributed by atoms with Crippen LogP contribution in [0.5, 0.6) is 5.75 Å². The highest BCUT2D eigenvalue weighted by Crippen LogP contribution is 2.18. The molecule has 2 aromatic rings. The summed E-state index contributed by atoms with van der Waals surface area (Å²) in [5, 5.41) is 0. The molecular weight excluding hydrogens is 228 g/mol. The fourth-order valence-electron chi connectivity index (χ4n) is 1.78. The molecule has 96 valence electrons. The minimum atomic E-state index is 0.344. The Labute approximate surface area is 107 Å². The summed E-state index contributed by atoms with van der Waals surface area (Å²) in [6.45, 7) is 4.83. The summed E-state index contributed by atoms with van der Waals surface area (Å²) < 4.78 is 11.2. The number of nitrogens with zero attached hydrogens (tertiary/aromatic N) is 1. The van der Waals surface area contributed by atoms with Gasteiger partial charge in [-0.25, -0.2) is 4.98 Å². The molecule has 0 unspecified atom stereocenters. The molecule has 0 spiro atoms. The lowest BCUT2D eigenvalue weighted by Gasteiger charge is -2.05. The molecule has 0 fully saturated rings. The first-order valence-corrected chi connectivity index (χ1v) is 6.04. The van der Waals surface area contributed by atoms with Gasteiger partial charge < -0.3 is 14.9 Å². The molecule has 1 aromatic heterocycles. The van der Waals surface area contributed by atoms with Crippen molar-refractivity contribution in [3.05, 3.63) is 47.2 Å². The Morgan fingerprint density at radius 3 is 2.78 bits per heavy atom. The van der Waals surface area contributed by atoms with Crippen LogP contribution in [0.25, 0.3) is 0 Å². The first-order valence-electron chi connectivity index (χ1n) is 6.04. The zero-order chi connectivity index (χ0) is 13.0. The van der Waals surface area contributed by atoms with Gasteiger partial charge in [-0.2, -0.15) is 0 Å². The molecule has 0 saturated carbocycles. The van der Waals surface area contributed by atoms with E-state index in [1.54, 1.807) is 0 Å². The average molecular weight is 246 g/mol. The second-order valence-corrected chi connectivity index (χ2v) is 4.20. The van der Waals surface area contributed by atoms with Crippen molar-refractivity contribution in [1.29, 1.82) is 0 Å². The number of aromatic nitrogens is 1. The maximum Gasteiger partial charge on any atom is 0.232 e. The van der Waals surface area contributed by atoms with E-state index in [0.29, 0.717) is 19.0 Å². The predicted octanol–water partition coefficient (Wildman–Crippen LogP) is 2.37. The number of hydrogen-bond acceptors (Lipinski definition) is 4. The van der Waals surface area contributed by atoms with E-state index in [4.69, 9.17) is 14.9 Å². The Balaban J connectivity index is 2.02. The minimum Gasteiger partial charge on any atom is -0.484 e. The second kappa shape index (κ2) is 5.69. The molecule has 18 heavy (non-hydrogen) atoms. The van der Waals surface area contributed by atoms with Crippen LogP contribution >= 0.6 is 0 Å². The zero-order valence-electron chi connectivity index (χ0n) is 10.8. The van der Waals surface area contributed by atoms with Gasteiger partial charge in [-0.1, -0.05) is 18.2 Å². The van der Waals surface area contributed by atoms with Gasteiger partial charge in [-0.3, -0.25) is 0 Å². The summed E-state index contributed by atoms with van der Waals surface area (Å²) in [7, 11) is 0. The lowest BCUT2D eigenvalue weighted by Crippen LogP contribution is -2.04. The Hall–Kier alpha value is -1.81. The van der Waals surface area contributed by atoms with E-state index in [2.05, 4.69) is 4.98 Å². The van der Waals surface area contributed by atoms with Crippen molar-refractivity contribution in [2.24, 2.45) is 5.73 Å². The number of aryl methyl sites for hydroxylation is 2. The van der Waals surface area contributed by atoms with Gasteiger partial charge in [0.25, 0.3) is 0 Å². The van der Waals surface area contributed by atoms with Crippen LogP contribution in [0.1, 0.15) is 22.9 Å².